The number of pyridine rings is 1. The van der Waals surface area contributed by atoms with Crippen LogP contribution in [0.1, 0.15) is 24.1 Å². The largest absolute Gasteiger partial charge is 0.480 e. The number of likely N-dealkylation sites (tertiary alicyclic amines) is 1. The van der Waals surface area contributed by atoms with Gasteiger partial charge in [-0.05, 0) is 59.2 Å². The Balaban J connectivity index is 1.82. The summed E-state index contributed by atoms with van der Waals surface area (Å²) in [5, 5.41) is 9.43. The monoisotopic (exact) mass is 324 g/mol. The number of carbonyl (C=O) groups is 1. The fourth-order valence-corrected chi connectivity index (χ4v) is 3.68. The van der Waals surface area contributed by atoms with Crippen LogP contribution in [0.3, 0.4) is 0 Å². The summed E-state index contributed by atoms with van der Waals surface area (Å²) in [6.45, 7) is 3.54. The van der Waals surface area contributed by atoms with E-state index in [1.807, 2.05) is 13.0 Å². The van der Waals surface area contributed by atoms with Crippen LogP contribution in [-0.4, -0.2) is 33.5 Å². The third kappa shape index (κ3) is 2.19. The highest BCUT2D eigenvalue weighted by Gasteiger charge is 2.50. The van der Waals surface area contributed by atoms with Crippen molar-refractivity contribution in [3.05, 3.63) is 28.0 Å². The fraction of sp³-hybridized carbons (Fsp3) is 0.571. The molecule has 1 saturated heterocycles. The number of fused-ring (bicyclic) bond motifs is 1. The van der Waals surface area contributed by atoms with Gasteiger partial charge in [-0.2, -0.15) is 0 Å². The minimum Gasteiger partial charge on any atom is -0.480 e. The van der Waals surface area contributed by atoms with Gasteiger partial charge in [-0.15, -0.1) is 0 Å². The zero-order valence-corrected chi connectivity index (χ0v) is 12.4. The van der Waals surface area contributed by atoms with Crippen molar-refractivity contribution in [1.29, 1.82) is 0 Å². The molecule has 0 unspecified atom stereocenters. The minimum atomic E-state index is -0.684. The first-order chi connectivity index (χ1) is 9.08. The molecule has 0 aromatic carbocycles. The number of aryl methyl sites for hydroxylation is 1. The molecule has 1 aliphatic heterocycles. The van der Waals surface area contributed by atoms with Gasteiger partial charge in [0, 0.05) is 23.8 Å². The number of carboxylic acid groups (broad SMARTS) is 1. The molecular formula is C14H17BrN2O2. The van der Waals surface area contributed by atoms with Crippen molar-refractivity contribution in [2.75, 3.05) is 6.54 Å². The molecule has 1 saturated carbocycles. The molecule has 2 aliphatic rings. The number of hydrogen-bond donors (Lipinski definition) is 1. The fourth-order valence-electron chi connectivity index (χ4n) is 3.32. The number of aliphatic carboxylic acids is 1. The summed E-state index contributed by atoms with van der Waals surface area (Å²) in [5.41, 5.74) is 2.08. The van der Waals surface area contributed by atoms with Gasteiger partial charge in [0.15, 0.2) is 0 Å². The van der Waals surface area contributed by atoms with Crippen molar-refractivity contribution in [3.8, 4) is 0 Å². The van der Waals surface area contributed by atoms with Crippen molar-refractivity contribution < 1.29 is 9.90 Å². The molecule has 0 amide bonds. The van der Waals surface area contributed by atoms with Gasteiger partial charge in [-0.25, -0.2) is 0 Å². The summed E-state index contributed by atoms with van der Waals surface area (Å²) < 4.78 is 0.999. The SMILES string of the molecule is Cc1ccnc(CN2C[C@@H]3CC[C@@H]3[C@@H]2C(=O)O)c1Br. The molecule has 1 aromatic heterocycles. The number of carboxylic acids is 1. The molecule has 5 heteroatoms. The molecule has 3 rings (SSSR count). The van der Waals surface area contributed by atoms with E-state index in [1.165, 1.54) is 6.42 Å². The Bertz CT molecular complexity index is 520. The third-order valence-electron chi connectivity index (χ3n) is 4.50. The van der Waals surface area contributed by atoms with Gasteiger partial charge in [-0.1, -0.05) is 0 Å². The number of aromatic nitrogens is 1. The third-order valence-corrected chi connectivity index (χ3v) is 5.59. The molecule has 0 radical (unpaired) electrons. The summed E-state index contributed by atoms with van der Waals surface area (Å²) in [6.07, 6.45) is 4.02. The van der Waals surface area contributed by atoms with E-state index in [1.54, 1.807) is 6.20 Å². The summed E-state index contributed by atoms with van der Waals surface area (Å²) in [5.74, 6) is 0.238. The molecule has 102 valence electrons. The van der Waals surface area contributed by atoms with Crippen LogP contribution < -0.4 is 0 Å². The first-order valence-corrected chi connectivity index (χ1v) is 7.44. The molecule has 0 bridgehead atoms. The normalized spacial score (nSPS) is 29.9. The van der Waals surface area contributed by atoms with Crippen LogP contribution in [0.25, 0.3) is 0 Å². The molecule has 2 fully saturated rings. The van der Waals surface area contributed by atoms with Crippen LogP contribution in [-0.2, 0) is 11.3 Å². The molecule has 1 aliphatic carbocycles. The second-order valence-electron chi connectivity index (χ2n) is 5.60. The Labute approximate surface area is 121 Å². The minimum absolute atomic E-state index is 0.326. The van der Waals surface area contributed by atoms with Crippen molar-refractivity contribution >= 4 is 21.9 Å². The molecule has 0 spiro atoms. The van der Waals surface area contributed by atoms with E-state index < -0.39 is 5.97 Å². The number of rotatable bonds is 3. The number of halogens is 1. The summed E-state index contributed by atoms with van der Waals surface area (Å²) in [6, 6.07) is 1.63. The van der Waals surface area contributed by atoms with Gasteiger partial charge in [-0.3, -0.25) is 14.7 Å². The van der Waals surface area contributed by atoms with E-state index in [-0.39, 0.29) is 6.04 Å². The average Bonchev–Trinajstić information content (AvgIpc) is 2.58. The quantitative estimate of drug-likeness (QED) is 0.927. The lowest BCUT2D eigenvalue weighted by Crippen LogP contribution is -2.40. The molecule has 2 heterocycles. The summed E-state index contributed by atoms with van der Waals surface area (Å²) >= 11 is 3.55. The van der Waals surface area contributed by atoms with Crippen molar-refractivity contribution in [2.24, 2.45) is 11.8 Å². The maximum absolute atomic E-state index is 11.5. The van der Waals surface area contributed by atoms with Gasteiger partial charge >= 0.3 is 5.97 Å². The Morgan fingerprint density at radius 1 is 1.58 bits per heavy atom. The van der Waals surface area contributed by atoms with Crippen LogP contribution in [0.5, 0.6) is 0 Å². The summed E-state index contributed by atoms with van der Waals surface area (Å²) in [7, 11) is 0. The van der Waals surface area contributed by atoms with Crippen molar-refractivity contribution in [1.82, 2.24) is 9.88 Å². The molecule has 1 N–H and O–H groups in total. The van der Waals surface area contributed by atoms with Crippen LogP contribution in [0.15, 0.2) is 16.7 Å². The lowest BCUT2D eigenvalue weighted by Gasteiger charge is -2.31. The van der Waals surface area contributed by atoms with E-state index in [9.17, 15) is 9.90 Å². The lowest BCUT2D eigenvalue weighted by atomic mass is 9.73. The van der Waals surface area contributed by atoms with Crippen LogP contribution in [0.4, 0.5) is 0 Å². The maximum Gasteiger partial charge on any atom is 0.321 e. The predicted octanol–water partition coefficient (Wildman–Crippen LogP) is 2.45. The van der Waals surface area contributed by atoms with Gasteiger partial charge in [0.05, 0.1) is 5.69 Å². The number of hydrogen-bond acceptors (Lipinski definition) is 3. The summed E-state index contributed by atoms with van der Waals surface area (Å²) in [4.78, 5) is 17.9. The Morgan fingerprint density at radius 2 is 2.37 bits per heavy atom. The lowest BCUT2D eigenvalue weighted by molar-refractivity contribution is -0.144. The smallest absolute Gasteiger partial charge is 0.321 e. The van der Waals surface area contributed by atoms with Gasteiger partial charge in [0.1, 0.15) is 6.04 Å². The van der Waals surface area contributed by atoms with Crippen molar-refractivity contribution in [2.45, 2.75) is 32.4 Å². The topological polar surface area (TPSA) is 53.4 Å². The first kappa shape index (κ1) is 13.1. The van der Waals surface area contributed by atoms with Crippen LogP contribution in [0.2, 0.25) is 0 Å². The van der Waals surface area contributed by atoms with Crippen LogP contribution >= 0.6 is 15.9 Å². The Kier molecular flexibility index (Phi) is 3.35. The predicted molar refractivity (Wildman–Crippen MR) is 74.7 cm³/mol. The highest BCUT2D eigenvalue weighted by atomic mass is 79.9. The molecule has 4 nitrogen and oxygen atoms in total. The van der Waals surface area contributed by atoms with E-state index >= 15 is 0 Å². The van der Waals surface area contributed by atoms with E-state index in [2.05, 4.69) is 25.8 Å². The van der Waals surface area contributed by atoms with Gasteiger partial charge in [0.2, 0.25) is 0 Å². The van der Waals surface area contributed by atoms with E-state index in [0.717, 1.165) is 28.7 Å². The molecular weight excluding hydrogens is 308 g/mol. The van der Waals surface area contributed by atoms with Crippen molar-refractivity contribution in [3.63, 3.8) is 0 Å². The number of nitrogens with zero attached hydrogens (tertiary/aromatic N) is 2. The standard InChI is InChI=1S/C14H17BrN2O2/c1-8-4-5-16-11(12(8)15)7-17-6-9-2-3-10(9)13(17)14(18)19/h4-5,9-10,13H,2-3,6-7H2,1H3,(H,18,19)/t9-,10-,13+/m0/s1. The zero-order chi connectivity index (χ0) is 13.6. The van der Waals surface area contributed by atoms with E-state index in [4.69, 9.17) is 0 Å². The average molecular weight is 325 g/mol. The highest BCUT2D eigenvalue weighted by molar-refractivity contribution is 9.10. The molecule has 19 heavy (non-hydrogen) atoms. The first-order valence-electron chi connectivity index (χ1n) is 6.64. The highest BCUT2D eigenvalue weighted by Crippen LogP contribution is 2.45. The Hall–Kier alpha value is -0.940. The van der Waals surface area contributed by atoms with E-state index in [0.29, 0.717) is 18.4 Å². The van der Waals surface area contributed by atoms with Crippen LogP contribution in [0, 0.1) is 18.8 Å². The second kappa shape index (κ2) is 4.87. The van der Waals surface area contributed by atoms with Gasteiger partial charge < -0.3 is 5.11 Å². The maximum atomic E-state index is 11.5. The Morgan fingerprint density at radius 3 is 3.00 bits per heavy atom. The molecule has 3 atom stereocenters. The molecule has 1 aromatic rings. The van der Waals surface area contributed by atoms with Gasteiger partial charge in [0.25, 0.3) is 0 Å². The second-order valence-corrected chi connectivity index (χ2v) is 6.40. The zero-order valence-electron chi connectivity index (χ0n) is 10.8.